The number of nitrogens with one attached hydrogen (secondary N) is 4. The molecule has 3 aromatic rings. The van der Waals surface area contributed by atoms with Crippen LogP contribution in [0.3, 0.4) is 0 Å². The van der Waals surface area contributed by atoms with Crippen molar-refractivity contribution in [1.29, 1.82) is 0 Å². The molecule has 2 aliphatic heterocycles. The number of amides is 7. The Bertz CT molecular complexity index is 1250. The molecular formula is C27H24N4O5. The van der Waals surface area contributed by atoms with Gasteiger partial charge in [-0.3, -0.25) is 30.3 Å². The van der Waals surface area contributed by atoms with Crippen LogP contribution in [0.2, 0.25) is 0 Å². The first-order chi connectivity index (χ1) is 17.3. The van der Waals surface area contributed by atoms with Gasteiger partial charge in [-0.05, 0) is 23.1 Å². The first kappa shape index (κ1) is 24.3. The average Bonchev–Trinajstić information content (AvgIpc) is 3.20. The van der Waals surface area contributed by atoms with Crippen molar-refractivity contribution in [3.63, 3.8) is 0 Å². The lowest BCUT2D eigenvalue weighted by molar-refractivity contribution is -0.138. The average molecular weight is 485 g/mol. The Labute approximate surface area is 207 Å². The van der Waals surface area contributed by atoms with Crippen LogP contribution < -0.4 is 21.3 Å². The van der Waals surface area contributed by atoms with E-state index in [1.165, 1.54) is 0 Å². The highest BCUT2D eigenvalue weighted by molar-refractivity contribution is 6.22. The second kappa shape index (κ2) is 9.83. The van der Waals surface area contributed by atoms with Gasteiger partial charge in [-0.15, -0.1) is 0 Å². The summed E-state index contributed by atoms with van der Waals surface area (Å²) in [5.74, 6) is -1.49. The Morgan fingerprint density at radius 3 is 1.28 bits per heavy atom. The van der Waals surface area contributed by atoms with E-state index >= 15 is 0 Å². The van der Waals surface area contributed by atoms with Gasteiger partial charge in [0.2, 0.25) is 11.8 Å². The second-order valence-electron chi connectivity index (χ2n) is 8.25. The van der Waals surface area contributed by atoms with Crippen LogP contribution in [-0.4, -0.2) is 29.8 Å². The lowest BCUT2D eigenvalue weighted by atomic mass is 9.75. The predicted molar refractivity (Wildman–Crippen MR) is 130 cm³/mol. The molecule has 0 saturated carbocycles. The van der Waals surface area contributed by atoms with E-state index in [4.69, 9.17) is 0 Å². The molecule has 2 aliphatic rings. The van der Waals surface area contributed by atoms with Crippen molar-refractivity contribution in [2.45, 2.75) is 24.3 Å². The molecule has 182 valence electrons. The smallest absolute Gasteiger partial charge is 0.316 e. The van der Waals surface area contributed by atoms with Crippen LogP contribution in [0.15, 0.2) is 91.0 Å². The molecule has 0 unspecified atom stereocenters. The lowest BCUT2D eigenvalue weighted by Crippen LogP contribution is -2.64. The van der Waals surface area contributed by atoms with E-state index in [1.54, 1.807) is 37.3 Å². The molecule has 2 heterocycles. The van der Waals surface area contributed by atoms with Crippen molar-refractivity contribution in [3.8, 4) is 0 Å². The number of urea groups is 2. The van der Waals surface area contributed by atoms with Crippen LogP contribution in [0.4, 0.5) is 9.59 Å². The minimum Gasteiger partial charge on any atom is -0.316 e. The molecule has 9 nitrogen and oxygen atoms in total. The van der Waals surface area contributed by atoms with Gasteiger partial charge in [0.05, 0.1) is 0 Å². The SMILES string of the molecule is CCC1(c2ccccc2)C(=O)NC(=O)NC1=O.O=C1NC(=O)C(c2ccccc2)(c2ccccc2)N1. The fourth-order valence-corrected chi connectivity index (χ4v) is 4.47. The van der Waals surface area contributed by atoms with Crippen molar-refractivity contribution in [2.75, 3.05) is 0 Å². The Balaban J connectivity index is 0.000000170. The highest BCUT2D eigenvalue weighted by Gasteiger charge is 2.50. The van der Waals surface area contributed by atoms with Crippen molar-refractivity contribution < 1.29 is 24.0 Å². The van der Waals surface area contributed by atoms with Crippen molar-refractivity contribution in [2.24, 2.45) is 0 Å². The van der Waals surface area contributed by atoms with E-state index in [0.29, 0.717) is 12.0 Å². The van der Waals surface area contributed by atoms with E-state index in [1.807, 2.05) is 60.7 Å². The first-order valence-electron chi connectivity index (χ1n) is 11.3. The fourth-order valence-electron chi connectivity index (χ4n) is 4.47. The summed E-state index contributed by atoms with van der Waals surface area (Å²) in [7, 11) is 0. The molecule has 0 radical (unpaired) electrons. The lowest BCUT2D eigenvalue weighted by Gasteiger charge is -2.33. The van der Waals surface area contributed by atoms with Crippen LogP contribution in [-0.2, 0) is 25.3 Å². The molecule has 7 amide bonds. The maximum atomic E-state index is 12.3. The van der Waals surface area contributed by atoms with Gasteiger partial charge in [-0.2, -0.15) is 0 Å². The molecule has 2 saturated heterocycles. The van der Waals surface area contributed by atoms with Gasteiger partial charge in [0, 0.05) is 0 Å². The summed E-state index contributed by atoms with van der Waals surface area (Å²) in [6, 6.07) is 25.9. The van der Waals surface area contributed by atoms with Crippen LogP contribution in [0, 0.1) is 0 Å². The zero-order chi connectivity index (χ0) is 25.8. The van der Waals surface area contributed by atoms with E-state index < -0.39 is 34.8 Å². The van der Waals surface area contributed by atoms with Crippen molar-refractivity contribution >= 4 is 29.8 Å². The molecule has 36 heavy (non-hydrogen) atoms. The third-order valence-corrected chi connectivity index (χ3v) is 6.31. The van der Waals surface area contributed by atoms with Crippen LogP contribution in [0.5, 0.6) is 0 Å². The molecule has 5 rings (SSSR count). The Morgan fingerprint density at radius 1 is 0.528 bits per heavy atom. The molecule has 3 aromatic carbocycles. The van der Waals surface area contributed by atoms with E-state index in [2.05, 4.69) is 21.3 Å². The van der Waals surface area contributed by atoms with Gasteiger partial charge in [0.1, 0.15) is 0 Å². The molecule has 4 N–H and O–H groups in total. The van der Waals surface area contributed by atoms with Gasteiger partial charge in [0.25, 0.3) is 5.91 Å². The molecule has 0 aliphatic carbocycles. The van der Waals surface area contributed by atoms with Gasteiger partial charge >= 0.3 is 12.1 Å². The second-order valence-corrected chi connectivity index (χ2v) is 8.25. The zero-order valence-electron chi connectivity index (χ0n) is 19.4. The number of rotatable bonds is 4. The molecule has 0 atom stereocenters. The zero-order valence-corrected chi connectivity index (χ0v) is 19.4. The van der Waals surface area contributed by atoms with Crippen LogP contribution >= 0.6 is 0 Å². The standard InChI is InChI=1S/C15H12N2O2.C12H12N2O3/c18-13-15(17-14(19)16-13,11-7-3-1-4-8-11)12-9-5-2-6-10-12;1-2-12(8-6-4-3-5-7-8)9(15)13-11(17)14-10(12)16/h1-10H,(H2,16,17,18,19);3-7H,2H2,1H3,(H2,13,14,15,16,17). The van der Waals surface area contributed by atoms with E-state index in [9.17, 15) is 24.0 Å². The summed E-state index contributed by atoms with van der Waals surface area (Å²) in [5, 5.41) is 9.35. The minimum atomic E-state index is -1.31. The summed E-state index contributed by atoms with van der Waals surface area (Å²) >= 11 is 0. The van der Waals surface area contributed by atoms with Crippen molar-refractivity contribution in [1.82, 2.24) is 21.3 Å². The summed E-state index contributed by atoms with van der Waals surface area (Å²) < 4.78 is 0. The molecule has 2 fully saturated rings. The normalized spacial score (nSPS) is 17.6. The number of carbonyl (C=O) groups excluding carboxylic acids is 5. The number of imide groups is 3. The Morgan fingerprint density at radius 2 is 0.917 bits per heavy atom. The third kappa shape index (κ3) is 4.11. The van der Waals surface area contributed by atoms with Crippen molar-refractivity contribution in [3.05, 3.63) is 108 Å². The number of carbonyl (C=O) groups is 5. The molecular weight excluding hydrogens is 460 g/mol. The number of hydrogen-bond acceptors (Lipinski definition) is 5. The largest absolute Gasteiger partial charge is 0.328 e. The number of barbiturate groups is 1. The maximum absolute atomic E-state index is 12.3. The third-order valence-electron chi connectivity index (χ3n) is 6.31. The predicted octanol–water partition coefficient (Wildman–Crippen LogP) is 2.47. The Hall–Kier alpha value is -4.79. The summed E-state index contributed by atoms with van der Waals surface area (Å²) in [6.07, 6.45) is 0.294. The summed E-state index contributed by atoms with van der Waals surface area (Å²) in [4.78, 5) is 58.9. The first-order valence-corrected chi connectivity index (χ1v) is 11.3. The van der Waals surface area contributed by atoms with E-state index in [-0.39, 0.29) is 5.91 Å². The molecule has 9 heteroatoms. The minimum absolute atomic E-state index is 0.294. The highest BCUT2D eigenvalue weighted by atomic mass is 16.2. The summed E-state index contributed by atoms with van der Waals surface area (Å²) in [5.41, 5.74) is -0.381. The van der Waals surface area contributed by atoms with Gasteiger partial charge in [-0.25, -0.2) is 9.59 Å². The topological polar surface area (TPSA) is 133 Å². The van der Waals surface area contributed by atoms with Gasteiger partial charge < -0.3 is 5.32 Å². The quantitative estimate of drug-likeness (QED) is 0.334. The van der Waals surface area contributed by atoms with E-state index in [0.717, 1.165) is 11.1 Å². The highest BCUT2D eigenvalue weighted by Crippen LogP contribution is 2.32. The van der Waals surface area contributed by atoms with Crippen LogP contribution in [0.25, 0.3) is 0 Å². The maximum Gasteiger partial charge on any atom is 0.328 e. The number of hydrogen-bond donors (Lipinski definition) is 4. The monoisotopic (exact) mass is 484 g/mol. The summed E-state index contributed by atoms with van der Waals surface area (Å²) in [6.45, 7) is 1.74. The van der Waals surface area contributed by atoms with Gasteiger partial charge in [0.15, 0.2) is 11.0 Å². The number of benzene rings is 3. The molecule has 0 bridgehead atoms. The van der Waals surface area contributed by atoms with Crippen LogP contribution in [0.1, 0.15) is 30.0 Å². The molecule has 0 aromatic heterocycles. The molecule has 0 spiro atoms. The fraction of sp³-hybridized carbons (Fsp3) is 0.148. The Kier molecular flexibility index (Phi) is 6.64. The van der Waals surface area contributed by atoms with Gasteiger partial charge in [-0.1, -0.05) is 97.9 Å².